The number of rotatable bonds is 6. The molecule has 5 heterocycles. The van der Waals surface area contributed by atoms with Gasteiger partial charge in [0.2, 0.25) is 5.28 Å². The van der Waals surface area contributed by atoms with Gasteiger partial charge in [0.25, 0.3) is 0 Å². The summed E-state index contributed by atoms with van der Waals surface area (Å²) < 4.78 is 26.7. The van der Waals surface area contributed by atoms with E-state index in [0.29, 0.717) is 22.6 Å². The Morgan fingerprint density at radius 3 is 2.69 bits per heavy atom. The molecule has 9 nitrogen and oxygen atoms in total. The van der Waals surface area contributed by atoms with Gasteiger partial charge >= 0.3 is 0 Å². The van der Waals surface area contributed by atoms with Gasteiger partial charge in [-0.1, -0.05) is 35.5 Å². The molecule has 36 heavy (non-hydrogen) atoms. The number of nitrogens with zero attached hydrogens (tertiary/aromatic N) is 4. The van der Waals surface area contributed by atoms with E-state index >= 15 is 0 Å². The first-order chi connectivity index (χ1) is 17.3. The van der Waals surface area contributed by atoms with Crippen LogP contribution < -0.4 is 5.73 Å². The zero-order chi connectivity index (χ0) is 25.0. The fraction of sp³-hybridized carbons (Fsp3) is 0.400. The minimum atomic E-state index is -0.722. The Balaban J connectivity index is 1.23. The summed E-state index contributed by atoms with van der Waals surface area (Å²) in [5.41, 5.74) is 9.65. The van der Waals surface area contributed by atoms with Gasteiger partial charge in [-0.05, 0) is 38.4 Å². The topological polar surface area (TPSA) is 110 Å². The molecule has 0 aliphatic carbocycles. The van der Waals surface area contributed by atoms with E-state index in [1.807, 2.05) is 67.9 Å². The summed E-state index contributed by atoms with van der Waals surface area (Å²) in [7, 11) is 0. The molecule has 0 bridgehead atoms. The van der Waals surface area contributed by atoms with Gasteiger partial charge in [0.15, 0.2) is 17.8 Å². The molecule has 11 heteroatoms. The van der Waals surface area contributed by atoms with Crippen molar-refractivity contribution < 1.29 is 18.7 Å². The highest BCUT2D eigenvalue weighted by Crippen LogP contribution is 2.45. The molecule has 0 saturated carbocycles. The summed E-state index contributed by atoms with van der Waals surface area (Å²) in [5, 5.41) is 5.01. The lowest BCUT2D eigenvalue weighted by Crippen LogP contribution is -2.31. The Labute approximate surface area is 217 Å². The molecule has 2 saturated heterocycles. The number of hydrogen-bond donors (Lipinski definition) is 1. The molecular formula is C25H26ClN5O4S. The maximum Gasteiger partial charge on any atom is 0.226 e. The van der Waals surface area contributed by atoms with E-state index < -0.39 is 12.0 Å². The third kappa shape index (κ3) is 4.16. The largest absolute Gasteiger partial charge is 0.383 e. The van der Waals surface area contributed by atoms with Crippen LogP contribution in [0, 0.1) is 6.92 Å². The summed E-state index contributed by atoms with van der Waals surface area (Å²) in [6.45, 7) is 5.81. The zero-order valence-electron chi connectivity index (χ0n) is 20.1. The third-order valence-corrected chi connectivity index (χ3v) is 7.75. The number of aromatic nitrogens is 4. The van der Waals surface area contributed by atoms with Crippen molar-refractivity contribution in [2.45, 2.75) is 56.9 Å². The van der Waals surface area contributed by atoms with Gasteiger partial charge < -0.3 is 29.0 Å². The number of benzene rings is 1. The molecule has 0 unspecified atom stereocenters. The Morgan fingerprint density at radius 2 is 1.89 bits per heavy atom. The molecule has 3 aromatic heterocycles. The molecule has 6 rings (SSSR count). The lowest BCUT2D eigenvalue weighted by molar-refractivity contribution is -0.193. The molecule has 188 valence electrons. The van der Waals surface area contributed by atoms with E-state index in [2.05, 4.69) is 15.1 Å². The van der Waals surface area contributed by atoms with Crippen molar-refractivity contribution in [1.82, 2.24) is 19.7 Å². The van der Waals surface area contributed by atoms with E-state index in [9.17, 15) is 0 Å². The van der Waals surface area contributed by atoms with Crippen molar-refractivity contribution >= 4 is 40.2 Å². The highest BCUT2D eigenvalue weighted by molar-refractivity contribution is 7.98. The first-order valence-corrected chi connectivity index (χ1v) is 13.2. The summed E-state index contributed by atoms with van der Waals surface area (Å²) in [4.78, 5) is 8.45. The number of nitrogens with two attached hydrogens (primary N) is 1. The number of anilines is 1. The zero-order valence-corrected chi connectivity index (χ0v) is 21.6. The van der Waals surface area contributed by atoms with Crippen LogP contribution in [0.15, 0.2) is 47.1 Å². The molecule has 4 atom stereocenters. The van der Waals surface area contributed by atoms with Crippen LogP contribution in [-0.4, -0.2) is 49.5 Å². The first kappa shape index (κ1) is 23.7. The molecule has 0 spiro atoms. The molecular weight excluding hydrogens is 502 g/mol. The highest BCUT2D eigenvalue weighted by atomic mass is 35.5. The standard InChI is InChI=1S/C25H26ClN5O4S/c1-13-16(18(35-30-13)14-7-5-4-6-8-14)11-36-12-17-19-20(34-25(2,3)33-19)23(32-17)31-10-9-15-21(27)28-24(26)29-22(15)31/h4-10,17,19-20,23H,11-12H2,1-3H3,(H2,27,28,29)/t17-,19-,20-,23-/m1/s1. The van der Waals surface area contributed by atoms with Gasteiger partial charge in [-0.15, -0.1) is 0 Å². The lowest BCUT2D eigenvalue weighted by Gasteiger charge is -2.25. The van der Waals surface area contributed by atoms with E-state index in [0.717, 1.165) is 28.3 Å². The smallest absolute Gasteiger partial charge is 0.226 e. The SMILES string of the molecule is Cc1noc(-c2ccccc2)c1CSC[C@H]1O[C@@H](n2ccc3c(N)nc(Cl)nc32)[C@@H]2OC(C)(C)O[C@@H]21. The van der Waals surface area contributed by atoms with Gasteiger partial charge in [-0.3, -0.25) is 0 Å². The number of halogens is 1. The predicted molar refractivity (Wildman–Crippen MR) is 138 cm³/mol. The van der Waals surface area contributed by atoms with Crippen LogP contribution >= 0.6 is 23.4 Å². The average molecular weight is 528 g/mol. The summed E-state index contributed by atoms with van der Waals surface area (Å²) in [6, 6.07) is 11.9. The first-order valence-electron chi connectivity index (χ1n) is 11.7. The summed E-state index contributed by atoms with van der Waals surface area (Å²) in [6.07, 6.45) is 0.696. The highest BCUT2D eigenvalue weighted by Gasteiger charge is 2.55. The number of aryl methyl sites for hydroxylation is 1. The maximum absolute atomic E-state index is 6.53. The monoisotopic (exact) mass is 527 g/mol. The summed E-state index contributed by atoms with van der Waals surface area (Å²) in [5.74, 6) is 1.84. The minimum Gasteiger partial charge on any atom is -0.383 e. The van der Waals surface area contributed by atoms with Gasteiger partial charge in [0.1, 0.15) is 23.7 Å². The second kappa shape index (κ2) is 9.04. The Hall–Kier alpha value is -2.63. The number of thioether (sulfide) groups is 1. The average Bonchev–Trinajstić information content (AvgIpc) is 3.57. The Morgan fingerprint density at radius 1 is 1.11 bits per heavy atom. The number of hydrogen-bond acceptors (Lipinski definition) is 9. The maximum atomic E-state index is 6.53. The van der Waals surface area contributed by atoms with E-state index in [1.54, 1.807) is 11.8 Å². The van der Waals surface area contributed by atoms with Crippen LogP contribution in [0.2, 0.25) is 5.28 Å². The number of nitrogen functional groups attached to an aromatic ring is 1. The molecule has 0 radical (unpaired) electrons. The molecule has 0 amide bonds. The van der Waals surface area contributed by atoms with Gasteiger partial charge in [-0.25, -0.2) is 4.98 Å². The second-order valence-corrected chi connectivity index (χ2v) is 10.8. The van der Waals surface area contributed by atoms with Crippen molar-refractivity contribution in [3.05, 3.63) is 59.1 Å². The van der Waals surface area contributed by atoms with E-state index in [1.165, 1.54) is 0 Å². The quantitative estimate of drug-likeness (QED) is 0.347. The number of fused-ring (bicyclic) bond motifs is 2. The van der Waals surface area contributed by atoms with Crippen LogP contribution in [-0.2, 0) is 20.0 Å². The lowest BCUT2D eigenvalue weighted by atomic mass is 10.1. The van der Waals surface area contributed by atoms with Crippen LogP contribution in [0.1, 0.15) is 31.3 Å². The van der Waals surface area contributed by atoms with E-state index in [4.69, 9.17) is 36.1 Å². The fourth-order valence-corrected chi connectivity index (χ4v) is 6.24. The second-order valence-electron chi connectivity index (χ2n) is 9.42. The van der Waals surface area contributed by atoms with Crippen molar-refractivity contribution in [1.29, 1.82) is 0 Å². The molecule has 1 aromatic carbocycles. The third-order valence-electron chi connectivity index (χ3n) is 6.52. The van der Waals surface area contributed by atoms with E-state index in [-0.39, 0.29) is 23.6 Å². The predicted octanol–water partition coefficient (Wildman–Crippen LogP) is 4.98. The van der Waals surface area contributed by atoms with Crippen molar-refractivity contribution in [2.75, 3.05) is 11.5 Å². The van der Waals surface area contributed by atoms with Crippen molar-refractivity contribution in [3.8, 4) is 11.3 Å². The normalized spacial score (nSPS) is 25.0. The van der Waals surface area contributed by atoms with Gasteiger partial charge in [-0.2, -0.15) is 16.7 Å². The minimum absolute atomic E-state index is 0.0869. The fourth-order valence-electron chi connectivity index (χ4n) is 4.90. The molecule has 2 N–H and O–H groups in total. The van der Waals surface area contributed by atoms with Crippen LogP contribution in [0.5, 0.6) is 0 Å². The molecule has 4 aromatic rings. The summed E-state index contributed by atoms with van der Waals surface area (Å²) >= 11 is 7.86. The Bertz CT molecular complexity index is 1410. The van der Waals surface area contributed by atoms with Gasteiger partial charge in [0, 0.05) is 28.8 Å². The molecule has 2 fully saturated rings. The van der Waals surface area contributed by atoms with Crippen LogP contribution in [0.3, 0.4) is 0 Å². The molecule has 2 aliphatic heterocycles. The van der Waals surface area contributed by atoms with Crippen molar-refractivity contribution in [2.24, 2.45) is 0 Å². The van der Waals surface area contributed by atoms with Gasteiger partial charge in [0.05, 0.1) is 17.2 Å². The molecule has 2 aliphatic rings. The number of ether oxygens (including phenoxy) is 3. The Kier molecular flexibility index (Phi) is 5.96. The van der Waals surface area contributed by atoms with Crippen LogP contribution in [0.25, 0.3) is 22.4 Å². The van der Waals surface area contributed by atoms with Crippen LogP contribution in [0.4, 0.5) is 5.82 Å². The van der Waals surface area contributed by atoms with Crippen molar-refractivity contribution in [3.63, 3.8) is 0 Å².